The molecule has 0 saturated heterocycles. The molecule has 0 bridgehead atoms. The summed E-state index contributed by atoms with van der Waals surface area (Å²) in [4.78, 5) is 23.6. The quantitative estimate of drug-likeness (QED) is 0.661. The van der Waals surface area contributed by atoms with Gasteiger partial charge in [-0.15, -0.1) is 6.42 Å². The highest BCUT2D eigenvalue weighted by Crippen LogP contribution is 1.99. The van der Waals surface area contributed by atoms with Gasteiger partial charge in [-0.1, -0.05) is 12.8 Å². The molecule has 16 heavy (non-hydrogen) atoms. The van der Waals surface area contributed by atoms with Crippen LogP contribution in [-0.2, 0) is 4.79 Å². The molecule has 0 spiro atoms. The van der Waals surface area contributed by atoms with Crippen molar-refractivity contribution < 1.29 is 14.7 Å². The molecule has 5 heteroatoms. The molecule has 0 aromatic carbocycles. The van der Waals surface area contributed by atoms with Gasteiger partial charge in [0.1, 0.15) is 0 Å². The number of rotatable bonds is 6. The Labute approximate surface area is 95.8 Å². The van der Waals surface area contributed by atoms with Crippen molar-refractivity contribution in [1.82, 2.24) is 10.2 Å². The lowest BCUT2D eigenvalue weighted by atomic mass is 10.1. The zero-order valence-corrected chi connectivity index (χ0v) is 9.69. The van der Waals surface area contributed by atoms with Gasteiger partial charge in [0, 0.05) is 12.6 Å². The molecule has 0 fully saturated rings. The lowest BCUT2D eigenvalue weighted by Crippen LogP contribution is -2.45. The monoisotopic (exact) mass is 226 g/mol. The summed E-state index contributed by atoms with van der Waals surface area (Å²) in [5, 5.41) is 11.3. The highest BCUT2D eigenvalue weighted by molar-refractivity contribution is 5.76. The van der Waals surface area contributed by atoms with Gasteiger partial charge in [0.15, 0.2) is 0 Å². The fraction of sp³-hybridized carbons (Fsp3) is 0.636. The summed E-state index contributed by atoms with van der Waals surface area (Å²) >= 11 is 0. The number of nitrogens with zero attached hydrogens (tertiary/aromatic N) is 1. The second-order valence-electron chi connectivity index (χ2n) is 3.37. The van der Waals surface area contributed by atoms with Gasteiger partial charge < -0.3 is 15.3 Å². The number of urea groups is 1. The fourth-order valence-electron chi connectivity index (χ4n) is 1.21. The first-order chi connectivity index (χ1) is 7.54. The van der Waals surface area contributed by atoms with E-state index in [0.29, 0.717) is 13.0 Å². The standard InChI is InChI=1S/C11H18N2O3/c1-4-7-13(6-3)11(16)12-9(5-2)8-10(14)15/h1,9H,5-8H2,2-3H3,(H,12,16)(H,14,15). The molecule has 0 aliphatic heterocycles. The molecule has 0 aromatic heterocycles. The highest BCUT2D eigenvalue weighted by Gasteiger charge is 2.17. The molecular formula is C11H18N2O3. The first-order valence-electron chi connectivity index (χ1n) is 5.25. The summed E-state index contributed by atoms with van der Waals surface area (Å²) in [6, 6.07) is -0.662. The largest absolute Gasteiger partial charge is 0.481 e. The molecule has 0 rings (SSSR count). The number of carbonyl (C=O) groups excluding carboxylic acids is 1. The third-order valence-electron chi connectivity index (χ3n) is 2.19. The van der Waals surface area contributed by atoms with Crippen LogP contribution in [0.25, 0.3) is 0 Å². The SMILES string of the molecule is C#CCN(CC)C(=O)NC(CC)CC(=O)O. The Morgan fingerprint density at radius 1 is 1.50 bits per heavy atom. The Morgan fingerprint density at radius 3 is 2.50 bits per heavy atom. The number of hydrogen-bond acceptors (Lipinski definition) is 2. The Kier molecular flexibility index (Phi) is 6.77. The van der Waals surface area contributed by atoms with Gasteiger partial charge in [0.05, 0.1) is 13.0 Å². The maximum absolute atomic E-state index is 11.6. The molecule has 0 saturated carbocycles. The van der Waals surface area contributed by atoms with Crippen LogP contribution in [0.15, 0.2) is 0 Å². The van der Waals surface area contributed by atoms with E-state index in [1.807, 2.05) is 13.8 Å². The summed E-state index contributed by atoms with van der Waals surface area (Å²) in [7, 11) is 0. The van der Waals surface area contributed by atoms with Crippen molar-refractivity contribution in [3.63, 3.8) is 0 Å². The molecule has 0 aliphatic rings. The van der Waals surface area contributed by atoms with Gasteiger partial charge >= 0.3 is 12.0 Å². The number of nitrogens with one attached hydrogen (secondary N) is 1. The molecule has 1 unspecified atom stereocenters. The van der Waals surface area contributed by atoms with Crippen molar-refractivity contribution in [2.75, 3.05) is 13.1 Å². The second-order valence-corrected chi connectivity index (χ2v) is 3.37. The van der Waals surface area contributed by atoms with Gasteiger partial charge in [-0.05, 0) is 13.3 Å². The molecule has 2 N–H and O–H groups in total. The molecule has 5 nitrogen and oxygen atoms in total. The molecule has 2 amide bonds. The van der Waals surface area contributed by atoms with Gasteiger partial charge in [-0.25, -0.2) is 4.79 Å². The van der Waals surface area contributed by atoms with Gasteiger partial charge in [0.25, 0.3) is 0 Å². The van der Waals surface area contributed by atoms with Crippen LogP contribution in [0.5, 0.6) is 0 Å². The maximum Gasteiger partial charge on any atom is 0.318 e. The Morgan fingerprint density at radius 2 is 2.12 bits per heavy atom. The van der Waals surface area contributed by atoms with Crippen LogP contribution in [-0.4, -0.2) is 41.1 Å². The Balaban J connectivity index is 4.28. The average molecular weight is 226 g/mol. The first-order valence-corrected chi connectivity index (χ1v) is 5.25. The third-order valence-corrected chi connectivity index (χ3v) is 2.19. The van der Waals surface area contributed by atoms with E-state index in [4.69, 9.17) is 11.5 Å². The van der Waals surface area contributed by atoms with E-state index in [-0.39, 0.29) is 25.0 Å². The van der Waals surface area contributed by atoms with Crippen LogP contribution < -0.4 is 5.32 Å². The average Bonchev–Trinajstić information content (AvgIpc) is 2.23. The summed E-state index contributed by atoms with van der Waals surface area (Å²) in [5.74, 6) is 1.46. The van der Waals surface area contributed by atoms with Gasteiger partial charge in [0.2, 0.25) is 0 Å². The molecule has 0 heterocycles. The number of hydrogen-bond donors (Lipinski definition) is 2. The number of terminal acetylenes is 1. The number of amides is 2. The molecular weight excluding hydrogens is 208 g/mol. The molecule has 0 aliphatic carbocycles. The zero-order chi connectivity index (χ0) is 12.6. The van der Waals surface area contributed by atoms with Crippen LogP contribution in [0.4, 0.5) is 4.79 Å². The third kappa shape index (κ3) is 5.25. The van der Waals surface area contributed by atoms with Crippen LogP contribution in [0.1, 0.15) is 26.7 Å². The van der Waals surface area contributed by atoms with Gasteiger partial charge in [-0.3, -0.25) is 4.79 Å². The summed E-state index contributed by atoms with van der Waals surface area (Å²) in [5.41, 5.74) is 0. The summed E-state index contributed by atoms with van der Waals surface area (Å²) in [6.07, 6.45) is 5.62. The van der Waals surface area contributed by atoms with Crippen LogP contribution >= 0.6 is 0 Å². The predicted octanol–water partition coefficient (Wildman–Crippen LogP) is 0.904. The van der Waals surface area contributed by atoms with E-state index in [0.717, 1.165) is 0 Å². The summed E-state index contributed by atoms with van der Waals surface area (Å²) in [6.45, 7) is 4.37. The molecule has 0 radical (unpaired) electrons. The first kappa shape index (κ1) is 14.3. The number of carbonyl (C=O) groups is 2. The molecule has 90 valence electrons. The lowest BCUT2D eigenvalue weighted by molar-refractivity contribution is -0.137. The highest BCUT2D eigenvalue weighted by atomic mass is 16.4. The van der Waals surface area contributed by atoms with Crippen molar-refractivity contribution in [2.24, 2.45) is 0 Å². The number of carboxylic acid groups (broad SMARTS) is 1. The predicted molar refractivity (Wildman–Crippen MR) is 60.9 cm³/mol. The smallest absolute Gasteiger partial charge is 0.318 e. The normalized spacial score (nSPS) is 11.3. The minimum absolute atomic E-state index is 0.0736. The minimum Gasteiger partial charge on any atom is -0.481 e. The topological polar surface area (TPSA) is 69.6 Å². The van der Waals surface area contributed by atoms with E-state index in [1.54, 1.807) is 0 Å². The Hall–Kier alpha value is -1.70. The lowest BCUT2D eigenvalue weighted by Gasteiger charge is -2.22. The Bertz CT molecular complexity index is 283. The number of carboxylic acids is 1. The van der Waals surface area contributed by atoms with Crippen molar-refractivity contribution in [2.45, 2.75) is 32.7 Å². The van der Waals surface area contributed by atoms with Crippen LogP contribution in [0.3, 0.4) is 0 Å². The van der Waals surface area contributed by atoms with E-state index < -0.39 is 5.97 Å². The fourth-order valence-corrected chi connectivity index (χ4v) is 1.21. The van der Waals surface area contributed by atoms with Crippen molar-refractivity contribution in [1.29, 1.82) is 0 Å². The minimum atomic E-state index is -0.924. The van der Waals surface area contributed by atoms with E-state index in [2.05, 4.69) is 11.2 Å². The van der Waals surface area contributed by atoms with Crippen molar-refractivity contribution >= 4 is 12.0 Å². The van der Waals surface area contributed by atoms with Crippen LogP contribution in [0, 0.1) is 12.3 Å². The zero-order valence-electron chi connectivity index (χ0n) is 9.69. The summed E-state index contributed by atoms with van der Waals surface area (Å²) < 4.78 is 0. The molecule has 1 atom stereocenters. The van der Waals surface area contributed by atoms with Crippen LogP contribution in [0.2, 0.25) is 0 Å². The number of aliphatic carboxylic acids is 1. The van der Waals surface area contributed by atoms with Crippen molar-refractivity contribution in [3.8, 4) is 12.3 Å². The second kappa shape index (κ2) is 7.57. The van der Waals surface area contributed by atoms with E-state index >= 15 is 0 Å². The van der Waals surface area contributed by atoms with Crippen molar-refractivity contribution in [3.05, 3.63) is 0 Å². The van der Waals surface area contributed by atoms with E-state index in [9.17, 15) is 9.59 Å². The van der Waals surface area contributed by atoms with Gasteiger partial charge in [-0.2, -0.15) is 0 Å². The van der Waals surface area contributed by atoms with E-state index in [1.165, 1.54) is 4.90 Å². The molecule has 0 aromatic rings. The maximum atomic E-state index is 11.6.